The number of aliphatic carboxylic acids is 1. The normalized spacial score (nSPS) is 12.6. The fourth-order valence-corrected chi connectivity index (χ4v) is 2.27. The van der Waals surface area contributed by atoms with Crippen LogP contribution in [0.5, 0.6) is 0 Å². The molecule has 0 fully saturated rings. The predicted molar refractivity (Wildman–Crippen MR) is 71.7 cm³/mol. The molecule has 1 aromatic heterocycles. The number of rotatable bonds is 3. The van der Waals surface area contributed by atoms with E-state index in [9.17, 15) is 9.59 Å². The molecule has 7 heteroatoms. The number of nitrogens with two attached hydrogens (primary N) is 1. The molecule has 1 aromatic carbocycles. The Labute approximate surface area is 117 Å². The van der Waals surface area contributed by atoms with Gasteiger partial charge in [0, 0.05) is 11.1 Å². The maximum absolute atomic E-state index is 12.2. The van der Waals surface area contributed by atoms with E-state index in [1.54, 1.807) is 0 Å². The molecule has 100 valence electrons. The standard InChI is InChI=1S/C12H9Cl2NO4/c13-5-1-6-11(18)7(9(15)3-10(16)17)4-19-12(6)8(14)2-5/h1-2,4,9H,3,15H2,(H,16,17). The number of carboxylic acid groups (broad SMARTS) is 1. The quantitative estimate of drug-likeness (QED) is 0.908. The van der Waals surface area contributed by atoms with Crippen LogP contribution in [0, 0.1) is 0 Å². The fourth-order valence-electron chi connectivity index (χ4n) is 1.73. The minimum Gasteiger partial charge on any atom is -0.481 e. The van der Waals surface area contributed by atoms with Crippen LogP contribution in [0.15, 0.2) is 27.6 Å². The first-order chi connectivity index (χ1) is 8.90. The minimum atomic E-state index is -1.10. The molecule has 2 aromatic rings. The van der Waals surface area contributed by atoms with Crippen molar-refractivity contribution in [2.24, 2.45) is 5.73 Å². The summed E-state index contributed by atoms with van der Waals surface area (Å²) < 4.78 is 5.25. The maximum atomic E-state index is 12.2. The van der Waals surface area contributed by atoms with E-state index in [4.69, 9.17) is 38.5 Å². The van der Waals surface area contributed by atoms with Crippen LogP contribution in [0.25, 0.3) is 11.0 Å². The lowest BCUT2D eigenvalue weighted by Crippen LogP contribution is -2.22. The number of benzene rings is 1. The first-order valence-electron chi connectivity index (χ1n) is 5.28. The van der Waals surface area contributed by atoms with Gasteiger partial charge in [-0.25, -0.2) is 0 Å². The highest BCUT2D eigenvalue weighted by molar-refractivity contribution is 6.38. The van der Waals surface area contributed by atoms with Gasteiger partial charge in [-0.05, 0) is 12.1 Å². The Morgan fingerprint density at radius 1 is 1.42 bits per heavy atom. The fraction of sp³-hybridized carbons (Fsp3) is 0.167. The number of carbonyl (C=O) groups is 1. The molecule has 0 aliphatic rings. The number of hydrogen-bond acceptors (Lipinski definition) is 4. The van der Waals surface area contributed by atoms with Crippen LogP contribution in [0.1, 0.15) is 18.0 Å². The van der Waals surface area contributed by atoms with Gasteiger partial charge in [0.15, 0.2) is 11.0 Å². The summed E-state index contributed by atoms with van der Waals surface area (Å²) in [5, 5.41) is 9.35. The van der Waals surface area contributed by atoms with Crippen molar-refractivity contribution in [2.75, 3.05) is 0 Å². The van der Waals surface area contributed by atoms with Crippen molar-refractivity contribution in [3.8, 4) is 0 Å². The summed E-state index contributed by atoms with van der Waals surface area (Å²) in [6.07, 6.45) is 0.766. The Hall–Kier alpha value is -1.56. The summed E-state index contributed by atoms with van der Waals surface area (Å²) in [5.41, 5.74) is 5.50. The first-order valence-corrected chi connectivity index (χ1v) is 6.03. The van der Waals surface area contributed by atoms with E-state index in [0.29, 0.717) is 0 Å². The Bertz CT molecular complexity index is 711. The Morgan fingerprint density at radius 2 is 2.11 bits per heavy atom. The highest BCUT2D eigenvalue weighted by Crippen LogP contribution is 2.27. The molecule has 0 amide bonds. The van der Waals surface area contributed by atoms with Crippen molar-refractivity contribution in [1.82, 2.24) is 0 Å². The summed E-state index contributed by atoms with van der Waals surface area (Å²) in [5.74, 6) is -1.10. The lowest BCUT2D eigenvalue weighted by Gasteiger charge is -2.09. The third-order valence-electron chi connectivity index (χ3n) is 2.61. The molecule has 19 heavy (non-hydrogen) atoms. The van der Waals surface area contributed by atoms with Crippen LogP contribution in [-0.4, -0.2) is 11.1 Å². The van der Waals surface area contributed by atoms with Gasteiger partial charge < -0.3 is 15.3 Å². The molecule has 0 saturated heterocycles. The predicted octanol–water partition coefficient (Wildman–Crippen LogP) is 2.57. The van der Waals surface area contributed by atoms with Crippen molar-refractivity contribution >= 4 is 40.1 Å². The molecule has 0 saturated carbocycles. The van der Waals surface area contributed by atoms with E-state index in [0.717, 1.165) is 6.26 Å². The molecule has 5 nitrogen and oxygen atoms in total. The zero-order valence-corrected chi connectivity index (χ0v) is 11.0. The van der Waals surface area contributed by atoms with Crippen molar-refractivity contribution in [2.45, 2.75) is 12.5 Å². The SMILES string of the molecule is NC(CC(=O)O)c1coc2c(Cl)cc(Cl)cc2c1=O. The third kappa shape index (κ3) is 2.73. The number of halogens is 2. The van der Waals surface area contributed by atoms with Gasteiger partial charge >= 0.3 is 5.97 Å². The summed E-state index contributed by atoms with van der Waals surface area (Å²) in [4.78, 5) is 22.8. The van der Waals surface area contributed by atoms with Crippen molar-refractivity contribution in [3.63, 3.8) is 0 Å². The van der Waals surface area contributed by atoms with Gasteiger partial charge in [0.2, 0.25) is 0 Å². The molecule has 0 aliphatic carbocycles. The van der Waals surface area contributed by atoms with E-state index in [-0.39, 0.29) is 33.0 Å². The lowest BCUT2D eigenvalue weighted by atomic mass is 10.0. The van der Waals surface area contributed by atoms with Gasteiger partial charge in [-0.2, -0.15) is 0 Å². The molecule has 0 spiro atoms. The molecule has 0 radical (unpaired) electrons. The van der Waals surface area contributed by atoms with Crippen molar-refractivity contribution in [3.05, 3.63) is 44.2 Å². The Morgan fingerprint density at radius 3 is 2.74 bits per heavy atom. The average Bonchev–Trinajstić information content (AvgIpc) is 2.29. The highest BCUT2D eigenvalue weighted by atomic mass is 35.5. The summed E-state index contributed by atoms with van der Waals surface area (Å²) in [6.45, 7) is 0. The molecule has 0 aliphatic heterocycles. The first kappa shape index (κ1) is 13.9. The van der Waals surface area contributed by atoms with E-state index in [1.807, 2.05) is 0 Å². The van der Waals surface area contributed by atoms with Gasteiger partial charge in [0.25, 0.3) is 0 Å². The van der Waals surface area contributed by atoms with Gasteiger partial charge in [0.05, 0.1) is 28.7 Å². The molecule has 1 atom stereocenters. The van der Waals surface area contributed by atoms with Crippen LogP contribution in [0.3, 0.4) is 0 Å². The zero-order chi connectivity index (χ0) is 14.2. The third-order valence-corrected chi connectivity index (χ3v) is 3.11. The number of carboxylic acids is 1. The van der Waals surface area contributed by atoms with Crippen LogP contribution >= 0.6 is 23.2 Å². The van der Waals surface area contributed by atoms with Gasteiger partial charge in [0.1, 0.15) is 0 Å². The second kappa shape index (κ2) is 5.21. The molecule has 1 unspecified atom stereocenters. The molecule has 2 rings (SSSR count). The average molecular weight is 302 g/mol. The van der Waals surface area contributed by atoms with Crippen LogP contribution in [0.4, 0.5) is 0 Å². The largest absolute Gasteiger partial charge is 0.481 e. The number of fused-ring (bicyclic) bond motifs is 1. The Kier molecular flexibility index (Phi) is 3.80. The second-order valence-electron chi connectivity index (χ2n) is 3.99. The molecular weight excluding hydrogens is 293 g/mol. The topological polar surface area (TPSA) is 93.5 Å². The molecular formula is C12H9Cl2NO4. The van der Waals surface area contributed by atoms with Crippen LogP contribution < -0.4 is 11.2 Å². The minimum absolute atomic E-state index is 0.0771. The number of hydrogen-bond donors (Lipinski definition) is 2. The summed E-state index contributed by atoms with van der Waals surface area (Å²) in [6, 6.07) is 1.91. The van der Waals surface area contributed by atoms with Crippen molar-refractivity contribution in [1.29, 1.82) is 0 Å². The Balaban J connectivity index is 2.64. The molecule has 3 N–H and O–H groups in total. The summed E-state index contributed by atoms with van der Waals surface area (Å²) in [7, 11) is 0. The maximum Gasteiger partial charge on any atom is 0.305 e. The van der Waals surface area contributed by atoms with Gasteiger partial charge in [-0.1, -0.05) is 23.2 Å². The zero-order valence-electron chi connectivity index (χ0n) is 9.52. The van der Waals surface area contributed by atoms with Crippen LogP contribution in [-0.2, 0) is 4.79 Å². The summed E-state index contributed by atoms with van der Waals surface area (Å²) >= 11 is 11.7. The second-order valence-corrected chi connectivity index (χ2v) is 4.83. The van der Waals surface area contributed by atoms with Crippen LogP contribution in [0.2, 0.25) is 10.0 Å². The van der Waals surface area contributed by atoms with E-state index >= 15 is 0 Å². The monoisotopic (exact) mass is 301 g/mol. The van der Waals surface area contributed by atoms with E-state index in [2.05, 4.69) is 0 Å². The van der Waals surface area contributed by atoms with Gasteiger partial charge in [-0.15, -0.1) is 0 Å². The molecule has 0 bridgehead atoms. The smallest absolute Gasteiger partial charge is 0.305 e. The van der Waals surface area contributed by atoms with E-state index < -0.39 is 17.4 Å². The van der Waals surface area contributed by atoms with Crippen molar-refractivity contribution < 1.29 is 14.3 Å². The van der Waals surface area contributed by atoms with E-state index in [1.165, 1.54) is 12.1 Å². The van der Waals surface area contributed by atoms with Gasteiger partial charge in [-0.3, -0.25) is 9.59 Å². The molecule has 1 heterocycles. The highest BCUT2D eigenvalue weighted by Gasteiger charge is 2.18. The lowest BCUT2D eigenvalue weighted by molar-refractivity contribution is -0.137.